The lowest BCUT2D eigenvalue weighted by Crippen LogP contribution is -2.61. The molecular weight excluding hydrogens is 220 g/mol. The highest BCUT2D eigenvalue weighted by atomic mass is 16.2. The van der Waals surface area contributed by atoms with E-state index in [0.717, 1.165) is 19.3 Å². The van der Waals surface area contributed by atoms with Crippen molar-refractivity contribution >= 4 is 17.8 Å². The standard InChI is InChI=1S/C12H18N2O3/c1-3-5-7-12(8-6-4-2)9(15)13-11(17)14-10(12)16/h5,7H,3-4,6,8H2,1-2H3,(H2,13,14,15,16,17)/b7-5+. The number of allylic oxidation sites excluding steroid dienone is 1. The first kappa shape index (κ1) is 13.4. The number of rotatable bonds is 5. The van der Waals surface area contributed by atoms with Crippen molar-refractivity contribution in [2.45, 2.75) is 39.5 Å². The zero-order valence-corrected chi connectivity index (χ0v) is 10.2. The molecule has 94 valence electrons. The average molecular weight is 238 g/mol. The summed E-state index contributed by atoms with van der Waals surface area (Å²) in [5, 5.41) is 4.31. The topological polar surface area (TPSA) is 75.3 Å². The van der Waals surface area contributed by atoms with E-state index in [0.29, 0.717) is 6.42 Å². The van der Waals surface area contributed by atoms with Crippen LogP contribution < -0.4 is 10.6 Å². The minimum absolute atomic E-state index is 0.422. The first-order valence-corrected chi connectivity index (χ1v) is 5.91. The van der Waals surface area contributed by atoms with Crippen LogP contribution in [0.5, 0.6) is 0 Å². The number of nitrogens with one attached hydrogen (secondary N) is 2. The highest BCUT2D eigenvalue weighted by Crippen LogP contribution is 2.29. The van der Waals surface area contributed by atoms with Gasteiger partial charge >= 0.3 is 6.03 Å². The number of unbranched alkanes of at least 4 members (excludes halogenated alkanes) is 1. The molecule has 5 nitrogen and oxygen atoms in total. The molecule has 17 heavy (non-hydrogen) atoms. The molecule has 0 bridgehead atoms. The summed E-state index contributed by atoms with van der Waals surface area (Å²) in [5.41, 5.74) is -1.22. The molecular formula is C12H18N2O3. The van der Waals surface area contributed by atoms with Crippen LogP contribution in [-0.2, 0) is 9.59 Å². The summed E-state index contributed by atoms with van der Waals surface area (Å²) < 4.78 is 0. The quantitative estimate of drug-likeness (QED) is 0.563. The van der Waals surface area contributed by atoms with E-state index in [-0.39, 0.29) is 0 Å². The van der Waals surface area contributed by atoms with Gasteiger partial charge in [0.25, 0.3) is 0 Å². The van der Waals surface area contributed by atoms with Crippen molar-refractivity contribution in [1.29, 1.82) is 0 Å². The first-order valence-electron chi connectivity index (χ1n) is 5.91. The molecule has 0 saturated carbocycles. The second-order valence-electron chi connectivity index (χ2n) is 4.12. The van der Waals surface area contributed by atoms with E-state index >= 15 is 0 Å². The molecule has 0 aromatic heterocycles. The van der Waals surface area contributed by atoms with Gasteiger partial charge in [-0.1, -0.05) is 38.8 Å². The average Bonchev–Trinajstić information content (AvgIpc) is 2.27. The van der Waals surface area contributed by atoms with Gasteiger partial charge in [-0.25, -0.2) is 4.79 Å². The van der Waals surface area contributed by atoms with Crippen LogP contribution in [-0.4, -0.2) is 17.8 Å². The number of amides is 4. The molecule has 5 heteroatoms. The molecule has 0 unspecified atom stereocenters. The van der Waals surface area contributed by atoms with E-state index in [1.807, 2.05) is 13.8 Å². The lowest BCUT2D eigenvalue weighted by molar-refractivity contribution is -0.141. The van der Waals surface area contributed by atoms with Gasteiger partial charge in [-0.15, -0.1) is 0 Å². The fourth-order valence-electron chi connectivity index (χ4n) is 1.80. The first-order chi connectivity index (χ1) is 8.06. The Bertz CT molecular complexity index is 341. The number of carbonyl (C=O) groups is 3. The van der Waals surface area contributed by atoms with Gasteiger partial charge in [-0.05, 0) is 12.8 Å². The maximum atomic E-state index is 11.9. The van der Waals surface area contributed by atoms with Crippen molar-refractivity contribution in [3.05, 3.63) is 12.2 Å². The Kier molecular flexibility index (Phi) is 4.43. The number of imide groups is 2. The Hall–Kier alpha value is -1.65. The zero-order chi connectivity index (χ0) is 12.9. The Balaban J connectivity index is 3.01. The van der Waals surface area contributed by atoms with Gasteiger partial charge in [0.1, 0.15) is 5.41 Å². The maximum absolute atomic E-state index is 11.9. The molecule has 1 saturated heterocycles. The summed E-state index contributed by atoms with van der Waals surface area (Å²) in [5.74, 6) is -1.05. The molecule has 0 aliphatic carbocycles. The molecule has 0 radical (unpaired) electrons. The highest BCUT2D eigenvalue weighted by Gasteiger charge is 2.47. The van der Waals surface area contributed by atoms with Gasteiger partial charge in [0.15, 0.2) is 0 Å². The van der Waals surface area contributed by atoms with Crippen LogP contribution in [0.3, 0.4) is 0 Å². The zero-order valence-electron chi connectivity index (χ0n) is 10.2. The van der Waals surface area contributed by atoms with Gasteiger partial charge in [0, 0.05) is 0 Å². The van der Waals surface area contributed by atoms with E-state index in [1.165, 1.54) is 0 Å². The predicted octanol–water partition coefficient (Wildman–Crippen LogP) is 1.50. The normalized spacial score (nSPS) is 19.3. The fraction of sp³-hybridized carbons (Fsp3) is 0.583. The van der Waals surface area contributed by atoms with Crippen molar-refractivity contribution < 1.29 is 14.4 Å². The summed E-state index contributed by atoms with van der Waals surface area (Å²) in [6.07, 6.45) is 6.19. The van der Waals surface area contributed by atoms with Crippen LogP contribution in [0.4, 0.5) is 4.79 Å². The van der Waals surface area contributed by atoms with Crippen LogP contribution in [0, 0.1) is 5.41 Å². The second kappa shape index (κ2) is 5.61. The molecule has 0 atom stereocenters. The summed E-state index contributed by atoms with van der Waals surface area (Å²) in [6.45, 7) is 3.91. The number of carbonyl (C=O) groups excluding carboxylic acids is 3. The SMILES string of the molecule is CC/C=C/C1(CCCC)C(=O)NC(=O)NC1=O. The smallest absolute Gasteiger partial charge is 0.277 e. The van der Waals surface area contributed by atoms with Crippen molar-refractivity contribution in [1.82, 2.24) is 10.6 Å². The monoisotopic (exact) mass is 238 g/mol. The van der Waals surface area contributed by atoms with E-state index in [2.05, 4.69) is 10.6 Å². The number of barbiturate groups is 1. The maximum Gasteiger partial charge on any atom is 0.328 e. The molecule has 0 aromatic carbocycles. The Morgan fingerprint density at radius 3 is 2.18 bits per heavy atom. The fourth-order valence-corrected chi connectivity index (χ4v) is 1.80. The molecule has 1 rings (SSSR count). The Morgan fingerprint density at radius 1 is 1.12 bits per heavy atom. The van der Waals surface area contributed by atoms with Gasteiger partial charge in [0.05, 0.1) is 0 Å². The second-order valence-corrected chi connectivity index (χ2v) is 4.12. The lowest BCUT2D eigenvalue weighted by Gasteiger charge is -2.31. The minimum Gasteiger partial charge on any atom is -0.277 e. The van der Waals surface area contributed by atoms with Gasteiger partial charge in [-0.2, -0.15) is 0 Å². The van der Waals surface area contributed by atoms with Crippen LogP contribution in [0.2, 0.25) is 0 Å². The summed E-state index contributed by atoms with van der Waals surface area (Å²) in [6, 6.07) is -0.739. The van der Waals surface area contributed by atoms with Gasteiger partial charge < -0.3 is 0 Å². The Morgan fingerprint density at radius 2 is 1.71 bits per heavy atom. The van der Waals surface area contributed by atoms with Crippen molar-refractivity contribution in [3.63, 3.8) is 0 Å². The third-order valence-electron chi connectivity index (χ3n) is 2.83. The van der Waals surface area contributed by atoms with E-state index in [9.17, 15) is 14.4 Å². The molecule has 0 spiro atoms. The van der Waals surface area contributed by atoms with E-state index in [4.69, 9.17) is 0 Å². The number of hydrogen-bond acceptors (Lipinski definition) is 3. The lowest BCUT2D eigenvalue weighted by atomic mass is 9.79. The largest absolute Gasteiger partial charge is 0.328 e. The summed E-state index contributed by atoms with van der Waals surface area (Å²) in [4.78, 5) is 34.8. The van der Waals surface area contributed by atoms with E-state index < -0.39 is 23.3 Å². The molecule has 2 N–H and O–H groups in total. The van der Waals surface area contributed by atoms with Crippen molar-refractivity contribution in [3.8, 4) is 0 Å². The van der Waals surface area contributed by atoms with Crippen LogP contribution in [0.25, 0.3) is 0 Å². The summed E-state index contributed by atoms with van der Waals surface area (Å²) in [7, 11) is 0. The van der Waals surface area contributed by atoms with Gasteiger partial charge in [0.2, 0.25) is 11.8 Å². The highest BCUT2D eigenvalue weighted by molar-refractivity contribution is 6.20. The Labute approximate surface area is 101 Å². The molecule has 1 aliphatic rings. The van der Waals surface area contributed by atoms with Crippen molar-refractivity contribution in [2.24, 2.45) is 5.41 Å². The number of hydrogen-bond donors (Lipinski definition) is 2. The molecule has 1 fully saturated rings. The number of urea groups is 1. The van der Waals surface area contributed by atoms with E-state index in [1.54, 1.807) is 12.2 Å². The molecule has 1 heterocycles. The minimum atomic E-state index is -1.22. The van der Waals surface area contributed by atoms with Gasteiger partial charge in [-0.3, -0.25) is 20.2 Å². The third-order valence-corrected chi connectivity index (χ3v) is 2.83. The van der Waals surface area contributed by atoms with Crippen molar-refractivity contribution in [2.75, 3.05) is 0 Å². The van der Waals surface area contributed by atoms with Crippen LogP contribution >= 0.6 is 0 Å². The predicted molar refractivity (Wildman–Crippen MR) is 63.1 cm³/mol. The third kappa shape index (κ3) is 2.72. The van der Waals surface area contributed by atoms with Crippen LogP contribution in [0.1, 0.15) is 39.5 Å². The molecule has 4 amide bonds. The molecule has 0 aromatic rings. The summed E-state index contributed by atoms with van der Waals surface area (Å²) >= 11 is 0. The van der Waals surface area contributed by atoms with Crippen LogP contribution in [0.15, 0.2) is 12.2 Å². The molecule has 1 aliphatic heterocycles.